The van der Waals surface area contributed by atoms with E-state index >= 15 is 0 Å². The summed E-state index contributed by atoms with van der Waals surface area (Å²) in [6, 6.07) is 7.88. The molecule has 0 saturated carbocycles. The van der Waals surface area contributed by atoms with E-state index in [9.17, 15) is 9.59 Å². The van der Waals surface area contributed by atoms with Crippen molar-refractivity contribution in [2.45, 2.75) is 12.5 Å². The third-order valence-corrected chi connectivity index (χ3v) is 2.26. The number of thiocarbonyl (C=S) groups is 1. The van der Waals surface area contributed by atoms with Crippen LogP contribution in [0.4, 0.5) is 5.69 Å². The minimum absolute atomic E-state index is 0.120. The summed E-state index contributed by atoms with van der Waals surface area (Å²) in [7, 11) is 0. The van der Waals surface area contributed by atoms with Crippen molar-refractivity contribution in [1.82, 2.24) is 5.32 Å². The molecule has 5 N–H and O–H groups in total. The SMILES string of the molecule is NC(=O)CC(NC(=S)Nc1ccccc1)C(=O)O. The highest BCUT2D eigenvalue weighted by molar-refractivity contribution is 7.80. The summed E-state index contributed by atoms with van der Waals surface area (Å²) in [5.41, 5.74) is 5.67. The molecule has 0 fully saturated rings. The fourth-order valence-corrected chi connectivity index (χ4v) is 1.51. The molecule has 18 heavy (non-hydrogen) atoms. The lowest BCUT2D eigenvalue weighted by Crippen LogP contribution is -2.45. The van der Waals surface area contributed by atoms with E-state index in [1.165, 1.54) is 0 Å². The van der Waals surface area contributed by atoms with Crippen molar-refractivity contribution in [3.8, 4) is 0 Å². The van der Waals surface area contributed by atoms with Crippen molar-refractivity contribution in [3.63, 3.8) is 0 Å². The maximum absolute atomic E-state index is 10.9. The molecule has 96 valence electrons. The van der Waals surface area contributed by atoms with Crippen LogP contribution < -0.4 is 16.4 Å². The number of nitrogens with one attached hydrogen (secondary N) is 2. The molecular formula is C11H13N3O3S. The molecular weight excluding hydrogens is 254 g/mol. The number of carbonyl (C=O) groups excluding carboxylic acids is 1. The molecule has 0 aromatic heterocycles. The van der Waals surface area contributed by atoms with Crippen LogP contribution in [0, 0.1) is 0 Å². The molecule has 1 unspecified atom stereocenters. The Hall–Kier alpha value is -2.15. The van der Waals surface area contributed by atoms with Crippen LogP contribution in [0.3, 0.4) is 0 Å². The first kappa shape index (κ1) is 13.9. The number of benzene rings is 1. The lowest BCUT2D eigenvalue weighted by atomic mass is 10.2. The van der Waals surface area contributed by atoms with Gasteiger partial charge < -0.3 is 21.5 Å². The molecule has 0 bridgehead atoms. The van der Waals surface area contributed by atoms with Gasteiger partial charge in [-0.25, -0.2) is 4.79 Å². The number of carboxylic acids is 1. The van der Waals surface area contributed by atoms with Crippen molar-refractivity contribution in [1.29, 1.82) is 0 Å². The zero-order chi connectivity index (χ0) is 13.5. The highest BCUT2D eigenvalue weighted by Crippen LogP contribution is 2.04. The number of para-hydroxylation sites is 1. The van der Waals surface area contributed by atoms with E-state index in [0.717, 1.165) is 5.69 Å². The molecule has 0 saturated heterocycles. The van der Waals surface area contributed by atoms with Crippen LogP contribution in [0.15, 0.2) is 30.3 Å². The molecule has 7 heteroatoms. The van der Waals surface area contributed by atoms with Crippen molar-refractivity contribution < 1.29 is 14.7 Å². The Bertz CT molecular complexity index is 450. The van der Waals surface area contributed by atoms with Gasteiger partial charge >= 0.3 is 5.97 Å². The number of amides is 1. The Labute approximate surface area is 109 Å². The highest BCUT2D eigenvalue weighted by atomic mass is 32.1. The van der Waals surface area contributed by atoms with E-state index in [-0.39, 0.29) is 11.5 Å². The number of anilines is 1. The van der Waals surface area contributed by atoms with Gasteiger partial charge in [0.1, 0.15) is 6.04 Å². The predicted octanol–water partition coefficient (Wildman–Crippen LogP) is 0.302. The van der Waals surface area contributed by atoms with Gasteiger partial charge in [-0.1, -0.05) is 18.2 Å². The molecule has 0 radical (unpaired) electrons. The lowest BCUT2D eigenvalue weighted by Gasteiger charge is -2.15. The minimum Gasteiger partial charge on any atom is -0.480 e. The molecule has 6 nitrogen and oxygen atoms in total. The molecule has 1 atom stereocenters. The molecule has 0 spiro atoms. The Morgan fingerprint density at radius 2 is 1.94 bits per heavy atom. The molecule has 0 aliphatic carbocycles. The smallest absolute Gasteiger partial charge is 0.326 e. The summed E-state index contributed by atoms with van der Waals surface area (Å²) in [4.78, 5) is 21.6. The summed E-state index contributed by atoms with van der Waals surface area (Å²) in [6.07, 6.45) is -0.327. The average Bonchev–Trinajstić information content (AvgIpc) is 2.28. The number of nitrogens with two attached hydrogens (primary N) is 1. The minimum atomic E-state index is -1.19. The monoisotopic (exact) mass is 267 g/mol. The van der Waals surface area contributed by atoms with E-state index in [1.54, 1.807) is 12.1 Å². The number of carboxylic acid groups (broad SMARTS) is 1. The number of primary amides is 1. The first-order chi connectivity index (χ1) is 8.49. The Morgan fingerprint density at radius 3 is 2.44 bits per heavy atom. The number of hydrogen-bond acceptors (Lipinski definition) is 3. The summed E-state index contributed by atoms with van der Waals surface area (Å²) < 4.78 is 0. The van der Waals surface area contributed by atoms with E-state index in [0.29, 0.717) is 0 Å². The molecule has 1 aromatic carbocycles. The summed E-state index contributed by atoms with van der Waals surface area (Å²) in [5.74, 6) is -1.90. The largest absolute Gasteiger partial charge is 0.480 e. The molecule has 1 rings (SSSR count). The molecule has 0 aliphatic rings. The summed E-state index contributed by atoms with van der Waals surface area (Å²) in [6.45, 7) is 0. The number of hydrogen-bond donors (Lipinski definition) is 4. The maximum Gasteiger partial charge on any atom is 0.326 e. The van der Waals surface area contributed by atoms with E-state index in [2.05, 4.69) is 10.6 Å². The first-order valence-corrected chi connectivity index (χ1v) is 5.53. The molecule has 1 amide bonds. The summed E-state index contributed by atoms with van der Waals surface area (Å²) in [5, 5.41) is 14.3. The maximum atomic E-state index is 10.9. The van der Waals surface area contributed by atoms with Gasteiger partial charge in [-0.05, 0) is 24.4 Å². The Balaban J connectivity index is 2.56. The standard InChI is InChI=1S/C11H13N3O3S/c12-9(15)6-8(10(16)17)14-11(18)13-7-4-2-1-3-5-7/h1-5,8H,6H2,(H2,12,15)(H,16,17)(H2,13,14,18). The molecule has 0 heterocycles. The summed E-state index contributed by atoms with van der Waals surface area (Å²) >= 11 is 4.95. The van der Waals surface area contributed by atoms with E-state index in [4.69, 9.17) is 23.1 Å². The van der Waals surface area contributed by atoms with Crippen LogP contribution in [-0.4, -0.2) is 28.1 Å². The van der Waals surface area contributed by atoms with Crippen molar-refractivity contribution in [3.05, 3.63) is 30.3 Å². The van der Waals surface area contributed by atoms with Gasteiger partial charge in [0.2, 0.25) is 5.91 Å². The van der Waals surface area contributed by atoms with Crippen LogP contribution >= 0.6 is 12.2 Å². The van der Waals surface area contributed by atoms with Crippen LogP contribution in [0.1, 0.15) is 6.42 Å². The lowest BCUT2D eigenvalue weighted by molar-refractivity contribution is -0.140. The van der Waals surface area contributed by atoms with Gasteiger partial charge in [-0.2, -0.15) is 0 Å². The van der Waals surface area contributed by atoms with Crippen LogP contribution in [0.25, 0.3) is 0 Å². The topological polar surface area (TPSA) is 104 Å². The van der Waals surface area contributed by atoms with Crippen molar-refractivity contribution >= 4 is 34.9 Å². The highest BCUT2D eigenvalue weighted by Gasteiger charge is 2.20. The van der Waals surface area contributed by atoms with Gasteiger partial charge in [0.05, 0.1) is 6.42 Å². The van der Waals surface area contributed by atoms with Gasteiger partial charge in [0, 0.05) is 5.69 Å². The quantitative estimate of drug-likeness (QED) is 0.572. The second-order valence-corrected chi connectivity index (χ2v) is 3.93. The van der Waals surface area contributed by atoms with E-state index in [1.807, 2.05) is 18.2 Å². The zero-order valence-corrected chi connectivity index (χ0v) is 10.2. The third kappa shape index (κ3) is 4.79. The van der Waals surface area contributed by atoms with Crippen LogP contribution in [0.5, 0.6) is 0 Å². The van der Waals surface area contributed by atoms with E-state index < -0.39 is 17.9 Å². The van der Waals surface area contributed by atoms with Crippen LogP contribution in [-0.2, 0) is 9.59 Å². The van der Waals surface area contributed by atoms with Crippen molar-refractivity contribution in [2.75, 3.05) is 5.32 Å². The number of aliphatic carboxylic acids is 1. The average molecular weight is 267 g/mol. The van der Waals surface area contributed by atoms with Gasteiger partial charge in [-0.15, -0.1) is 0 Å². The van der Waals surface area contributed by atoms with Gasteiger partial charge in [0.15, 0.2) is 5.11 Å². The van der Waals surface area contributed by atoms with Crippen molar-refractivity contribution in [2.24, 2.45) is 5.73 Å². The third-order valence-electron chi connectivity index (χ3n) is 2.04. The molecule has 1 aromatic rings. The zero-order valence-electron chi connectivity index (χ0n) is 9.42. The van der Waals surface area contributed by atoms with Gasteiger partial charge in [-0.3, -0.25) is 4.79 Å². The number of rotatable bonds is 5. The number of carbonyl (C=O) groups is 2. The normalized spacial score (nSPS) is 11.3. The fraction of sp³-hybridized carbons (Fsp3) is 0.182. The second kappa shape index (κ2) is 6.55. The fourth-order valence-electron chi connectivity index (χ4n) is 1.25. The first-order valence-electron chi connectivity index (χ1n) is 5.12. The van der Waals surface area contributed by atoms with Crippen LogP contribution in [0.2, 0.25) is 0 Å². The van der Waals surface area contributed by atoms with Gasteiger partial charge in [0.25, 0.3) is 0 Å². The second-order valence-electron chi connectivity index (χ2n) is 3.53. The Morgan fingerprint density at radius 1 is 1.33 bits per heavy atom. The predicted molar refractivity (Wildman–Crippen MR) is 71.0 cm³/mol. The Kier molecular flexibility index (Phi) is 5.06. The molecule has 0 aliphatic heterocycles.